The Bertz CT molecular complexity index is 580. The molecule has 106 valence electrons. The molecule has 1 atom stereocenters. The molecule has 1 amide bonds. The van der Waals surface area contributed by atoms with Crippen LogP contribution in [-0.4, -0.2) is 27.1 Å². The summed E-state index contributed by atoms with van der Waals surface area (Å²) >= 11 is 3.46. The summed E-state index contributed by atoms with van der Waals surface area (Å²) < 4.78 is 1.61. The van der Waals surface area contributed by atoms with E-state index < -0.39 is 0 Å². The number of amides is 1. The van der Waals surface area contributed by atoms with E-state index in [0.717, 1.165) is 12.1 Å². The van der Waals surface area contributed by atoms with Crippen LogP contribution < -0.4 is 5.32 Å². The molecule has 1 heterocycles. The molecule has 0 bridgehead atoms. The average molecular weight is 336 g/mol. The highest BCUT2D eigenvalue weighted by Gasteiger charge is 2.16. The van der Waals surface area contributed by atoms with Gasteiger partial charge in [-0.25, -0.2) is 0 Å². The van der Waals surface area contributed by atoms with Crippen molar-refractivity contribution in [3.63, 3.8) is 0 Å². The minimum Gasteiger partial charge on any atom is -0.347 e. The topological polar surface area (TPSA) is 46.9 Å². The van der Waals surface area contributed by atoms with Gasteiger partial charge in [-0.15, -0.1) is 0 Å². The van der Waals surface area contributed by atoms with E-state index in [-0.39, 0.29) is 11.9 Å². The Morgan fingerprint density at radius 1 is 1.40 bits per heavy atom. The molecule has 0 spiro atoms. The molecule has 0 aliphatic carbocycles. The maximum absolute atomic E-state index is 12.2. The van der Waals surface area contributed by atoms with Crippen LogP contribution in [0.15, 0.2) is 36.4 Å². The van der Waals surface area contributed by atoms with Gasteiger partial charge in [0.15, 0.2) is 0 Å². The molecule has 5 heteroatoms. The van der Waals surface area contributed by atoms with Crippen LogP contribution in [0.2, 0.25) is 0 Å². The van der Waals surface area contributed by atoms with Gasteiger partial charge >= 0.3 is 0 Å². The molecule has 0 fully saturated rings. The maximum Gasteiger partial charge on any atom is 0.269 e. The van der Waals surface area contributed by atoms with Gasteiger partial charge in [0, 0.05) is 18.4 Å². The van der Waals surface area contributed by atoms with E-state index in [0.29, 0.717) is 11.0 Å². The highest BCUT2D eigenvalue weighted by atomic mass is 79.9. The van der Waals surface area contributed by atoms with Crippen molar-refractivity contribution in [2.75, 3.05) is 5.33 Å². The molecule has 2 rings (SSSR count). The van der Waals surface area contributed by atoms with Gasteiger partial charge in [0.1, 0.15) is 5.69 Å². The fourth-order valence-corrected chi connectivity index (χ4v) is 2.52. The van der Waals surface area contributed by atoms with E-state index in [1.807, 2.05) is 25.1 Å². The molecule has 4 nitrogen and oxygen atoms in total. The third-order valence-corrected chi connectivity index (χ3v) is 3.86. The van der Waals surface area contributed by atoms with Crippen molar-refractivity contribution in [3.05, 3.63) is 53.3 Å². The minimum atomic E-state index is -0.0894. The van der Waals surface area contributed by atoms with Crippen LogP contribution in [-0.2, 0) is 13.5 Å². The van der Waals surface area contributed by atoms with Crippen LogP contribution in [0.1, 0.15) is 21.7 Å². The van der Waals surface area contributed by atoms with Crippen molar-refractivity contribution in [3.8, 4) is 0 Å². The number of benzene rings is 1. The third kappa shape index (κ3) is 3.70. The Morgan fingerprint density at radius 2 is 2.10 bits per heavy atom. The molecule has 0 aliphatic rings. The second-order valence-electron chi connectivity index (χ2n) is 4.81. The number of alkyl halides is 1. The smallest absolute Gasteiger partial charge is 0.269 e. The van der Waals surface area contributed by atoms with Crippen molar-refractivity contribution >= 4 is 21.8 Å². The largest absolute Gasteiger partial charge is 0.347 e. The lowest BCUT2D eigenvalue weighted by atomic mass is 10.1. The van der Waals surface area contributed by atoms with E-state index >= 15 is 0 Å². The van der Waals surface area contributed by atoms with Crippen molar-refractivity contribution in [2.45, 2.75) is 19.4 Å². The first-order chi connectivity index (χ1) is 9.60. The predicted molar refractivity (Wildman–Crippen MR) is 83.1 cm³/mol. The van der Waals surface area contributed by atoms with Gasteiger partial charge in [-0.3, -0.25) is 9.48 Å². The number of carbonyl (C=O) groups is 1. The first kappa shape index (κ1) is 14.8. The number of aryl methyl sites for hydroxylation is 2. The van der Waals surface area contributed by atoms with Crippen LogP contribution in [0.5, 0.6) is 0 Å². The van der Waals surface area contributed by atoms with Crippen LogP contribution in [0, 0.1) is 6.92 Å². The van der Waals surface area contributed by atoms with E-state index in [1.165, 1.54) is 5.56 Å². The van der Waals surface area contributed by atoms with Gasteiger partial charge < -0.3 is 5.32 Å². The normalized spacial score (nSPS) is 12.2. The summed E-state index contributed by atoms with van der Waals surface area (Å²) in [6.07, 6.45) is 0.800. The lowest BCUT2D eigenvalue weighted by Crippen LogP contribution is -2.38. The highest BCUT2D eigenvalue weighted by molar-refractivity contribution is 9.09. The van der Waals surface area contributed by atoms with E-state index in [1.54, 1.807) is 17.8 Å². The number of halogens is 1. The van der Waals surface area contributed by atoms with Gasteiger partial charge in [0.05, 0.1) is 5.69 Å². The third-order valence-electron chi connectivity index (χ3n) is 3.08. The number of rotatable bonds is 5. The number of aromatic nitrogens is 2. The Hall–Kier alpha value is -1.62. The molecular weight excluding hydrogens is 318 g/mol. The summed E-state index contributed by atoms with van der Waals surface area (Å²) in [7, 11) is 1.78. The van der Waals surface area contributed by atoms with Gasteiger partial charge in [-0.2, -0.15) is 5.10 Å². The van der Waals surface area contributed by atoms with Crippen LogP contribution in [0.4, 0.5) is 0 Å². The number of hydrogen-bond donors (Lipinski definition) is 1. The second-order valence-corrected chi connectivity index (χ2v) is 5.46. The SMILES string of the molecule is Cc1cc(C(=O)NC(CBr)Cc2ccccc2)n(C)n1. The fraction of sp³-hybridized carbons (Fsp3) is 0.333. The van der Waals surface area contributed by atoms with Gasteiger partial charge in [0.25, 0.3) is 5.91 Å². The molecule has 2 aromatic rings. The minimum absolute atomic E-state index is 0.0557. The Kier molecular flexibility index (Phi) is 4.95. The molecule has 1 aromatic carbocycles. The van der Waals surface area contributed by atoms with Gasteiger partial charge in [-0.05, 0) is 25.0 Å². The zero-order valence-electron chi connectivity index (χ0n) is 11.6. The van der Waals surface area contributed by atoms with Crippen molar-refractivity contribution in [2.24, 2.45) is 7.05 Å². The standard InChI is InChI=1S/C15H18BrN3O/c1-11-8-14(19(2)18-11)15(20)17-13(10-16)9-12-6-4-3-5-7-12/h3-8,13H,9-10H2,1-2H3,(H,17,20). The van der Waals surface area contributed by atoms with E-state index in [2.05, 4.69) is 38.5 Å². The molecule has 0 saturated carbocycles. The summed E-state index contributed by atoms with van der Waals surface area (Å²) in [5.41, 5.74) is 2.64. The number of carbonyl (C=O) groups excluding carboxylic acids is 1. The van der Waals surface area contributed by atoms with Crippen molar-refractivity contribution in [1.82, 2.24) is 15.1 Å². The molecule has 20 heavy (non-hydrogen) atoms. The van der Waals surface area contributed by atoms with Crippen molar-refractivity contribution < 1.29 is 4.79 Å². The molecule has 1 aromatic heterocycles. The summed E-state index contributed by atoms with van der Waals surface area (Å²) in [6.45, 7) is 1.88. The quantitative estimate of drug-likeness (QED) is 0.853. The van der Waals surface area contributed by atoms with E-state index in [4.69, 9.17) is 0 Å². The monoisotopic (exact) mass is 335 g/mol. The zero-order chi connectivity index (χ0) is 14.5. The Labute approximate surface area is 127 Å². The summed E-state index contributed by atoms with van der Waals surface area (Å²) in [6, 6.07) is 12.0. The molecular formula is C15H18BrN3O. The summed E-state index contributed by atoms with van der Waals surface area (Å²) in [5.74, 6) is -0.0894. The molecule has 1 N–H and O–H groups in total. The van der Waals surface area contributed by atoms with Gasteiger partial charge in [0.2, 0.25) is 0 Å². The molecule has 0 saturated heterocycles. The van der Waals surface area contributed by atoms with Crippen LogP contribution in [0.25, 0.3) is 0 Å². The Balaban J connectivity index is 2.03. The lowest BCUT2D eigenvalue weighted by Gasteiger charge is -2.16. The van der Waals surface area contributed by atoms with Crippen molar-refractivity contribution in [1.29, 1.82) is 0 Å². The summed E-state index contributed by atoms with van der Waals surface area (Å²) in [4.78, 5) is 12.2. The first-order valence-corrected chi connectivity index (χ1v) is 7.63. The average Bonchev–Trinajstić information content (AvgIpc) is 2.78. The maximum atomic E-state index is 12.2. The molecule has 0 aliphatic heterocycles. The Morgan fingerprint density at radius 3 is 2.65 bits per heavy atom. The summed E-state index contributed by atoms with van der Waals surface area (Å²) in [5, 5.41) is 7.95. The number of nitrogens with zero attached hydrogens (tertiary/aromatic N) is 2. The highest BCUT2D eigenvalue weighted by Crippen LogP contribution is 2.07. The van der Waals surface area contributed by atoms with Crippen LogP contribution >= 0.6 is 15.9 Å². The zero-order valence-corrected chi connectivity index (χ0v) is 13.2. The fourth-order valence-electron chi connectivity index (χ4n) is 2.13. The predicted octanol–water partition coefficient (Wildman–Crippen LogP) is 2.46. The number of nitrogens with one attached hydrogen (secondary N) is 1. The molecule has 0 radical (unpaired) electrons. The number of hydrogen-bond acceptors (Lipinski definition) is 2. The molecule has 1 unspecified atom stereocenters. The second kappa shape index (κ2) is 6.70. The lowest BCUT2D eigenvalue weighted by molar-refractivity contribution is 0.0931. The van der Waals surface area contributed by atoms with Crippen LogP contribution in [0.3, 0.4) is 0 Å². The van der Waals surface area contributed by atoms with Gasteiger partial charge in [-0.1, -0.05) is 46.3 Å². The van der Waals surface area contributed by atoms with E-state index in [9.17, 15) is 4.79 Å². The first-order valence-electron chi connectivity index (χ1n) is 6.51.